The molecular weight excluding hydrogens is 343 g/mol. The van der Waals surface area contributed by atoms with Gasteiger partial charge in [0.1, 0.15) is 11.9 Å². The molecule has 5 nitrogen and oxygen atoms in total. The van der Waals surface area contributed by atoms with Crippen LogP contribution in [0.15, 0.2) is 29.2 Å². The van der Waals surface area contributed by atoms with E-state index in [1.807, 2.05) is 0 Å². The van der Waals surface area contributed by atoms with Gasteiger partial charge in [0.05, 0.1) is 0 Å². The Hall–Kier alpha value is -1.60. The number of benzene rings is 1. The van der Waals surface area contributed by atoms with Crippen LogP contribution in [0.4, 0.5) is 4.39 Å². The van der Waals surface area contributed by atoms with Gasteiger partial charge in [0.15, 0.2) is 0 Å². The zero-order valence-corrected chi connectivity index (χ0v) is 15.7. The first kappa shape index (κ1) is 21.4. The molecule has 0 saturated carbocycles. The van der Waals surface area contributed by atoms with E-state index in [4.69, 9.17) is 4.74 Å². The highest BCUT2D eigenvalue weighted by atomic mass is 32.2. The van der Waals surface area contributed by atoms with Crippen molar-refractivity contribution in [3.63, 3.8) is 0 Å². The molecule has 0 aliphatic carbocycles. The number of halogens is 1. The van der Waals surface area contributed by atoms with Gasteiger partial charge < -0.3 is 15.4 Å². The van der Waals surface area contributed by atoms with E-state index in [0.29, 0.717) is 18.9 Å². The van der Waals surface area contributed by atoms with Crippen LogP contribution >= 0.6 is 11.8 Å². The van der Waals surface area contributed by atoms with Gasteiger partial charge in [-0.25, -0.2) is 4.39 Å². The van der Waals surface area contributed by atoms with Gasteiger partial charge in [-0.05, 0) is 37.1 Å². The van der Waals surface area contributed by atoms with Gasteiger partial charge in [0, 0.05) is 37.3 Å². The molecule has 0 bridgehead atoms. The second-order valence-electron chi connectivity index (χ2n) is 5.63. The first-order valence-electron chi connectivity index (χ1n) is 8.54. The summed E-state index contributed by atoms with van der Waals surface area (Å²) in [5.41, 5.74) is 0. The van der Waals surface area contributed by atoms with E-state index >= 15 is 0 Å². The molecule has 0 radical (unpaired) electrons. The van der Waals surface area contributed by atoms with Gasteiger partial charge in [-0.2, -0.15) is 0 Å². The van der Waals surface area contributed by atoms with Crippen LogP contribution in [0.3, 0.4) is 0 Å². The highest BCUT2D eigenvalue weighted by Crippen LogP contribution is 2.19. The van der Waals surface area contributed by atoms with Crippen molar-refractivity contribution in [1.29, 1.82) is 0 Å². The highest BCUT2D eigenvalue weighted by Gasteiger charge is 2.19. The zero-order valence-electron chi connectivity index (χ0n) is 14.8. The topological polar surface area (TPSA) is 67.4 Å². The lowest BCUT2D eigenvalue weighted by molar-refractivity contribution is -0.127. The van der Waals surface area contributed by atoms with Gasteiger partial charge in [-0.3, -0.25) is 9.59 Å². The molecule has 2 amide bonds. The Morgan fingerprint density at radius 3 is 2.52 bits per heavy atom. The van der Waals surface area contributed by atoms with Crippen molar-refractivity contribution in [1.82, 2.24) is 10.6 Å². The van der Waals surface area contributed by atoms with E-state index in [2.05, 4.69) is 17.6 Å². The minimum atomic E-state index is -0.631. The molecular formula is C18H27FN2O3S. The Morgan fingerprint density at radius 1 is 1.20 bits per heavy atom. The van der Waals surface area contributed by atoms with Crippen molar-refractivity contribution in [2.75, 3.05) is 25.5 Å². The quantitative estimate of drug-likeness (QED) is 0.439. The van der Waals surface area contributed by atoms with Crippen LogP contribution in [-0.4, -0.2) is 43.4 Å². The van der Waals surface area contributed by atoms with Crippen LogP contribution in [0.25, 0.3) is 0 Å². The maximum Gasteiger partial charge on any atom is 0.243 e. The Balaban J connectivity index is 2.36. The van der Waals surface area contributed by atoms with Crippen LogP contribution in [-0.2, 0) is 14.3 Å². The third-order valence-corrected chi connectivity index (χ3v) is 4.44. The van der Waals surface area contributed by atoms with Gasteiger partial charge >= 0.3 is 0 Å². The lowest BCUT2D eigenvalue weighted by atomic mass is 10.3. The summed E-state index contributed by atoms with van der Waals surface area (Å²) >= 11 is 1.39. The van der Waals surface area contributed by atoms with Crippen molar-refractivity contribution in [3.8, 4) is 0 Å². The van der Waals surface area contributed by atoms with E-state index in [1.165, 1.54) is 30.8 Å². The number of carbonyl (C=O) groups excluding carboxylic acids is 2. The molecule has 2 N–H and O–H groups in total. The lowest BCUT2D eigenvalue weighted by Crippen LogP contribution is -2.47. The normalized spacial score (nSPS) is 11.8. The van der Waals surface area contributed by atoms with Crippen molar-refractivity contribution in [3.05, 3.63) is 30.1 Å². The molecule has 0 aromatic heterocycles. The predicted octanol–water partition coefficient (Wildman–Crippen LogP) is 2.75. The van der Waals surface area contributed by atoms with E-state index in [-0.39, 0.29) is 17.6 Å². The van der Waals surface area contributed by atoms with Crippen LogP contribution in [0.1, 0.15) is 33.1 Å². The van der Waals surface area contributed by atoms with Crippen molar-refractivity contribution >= 4 is 23.6 Å². The van der Waals surface area contributed by atoms with E-state index in [1.54, 1.807) is 12.1 Å². The minimum Gasteiger partial charge on any atom is -0.381 e. The fourth-order valence-corrected chi connectivity index (χ4v) is 2.92. The molecule has 0 aliphatic rings. The number of carbonyl (C=O) groups is 2. The molecule has 0 heterocycles. The third kappa shape index (κ3) is 10.1. The molecule has 0 aliphatic heterocycles. The molecule has 25 heavy (non-hydrogen) atoms. The Bertz CT molecular complexity index is 526. The number of thioether (sulfide) groups is 1. The predicted molar refractivity (Wildman–Crippen MR) is 98.1 cm³/mol. The second-order valence-corrected chi connectivity index (χ2v) is 6.72. The Morgan fingerprint density at radius 2 is 1.88 bits per heavy atom. The summed E-state index contributed by atoms with van der Waals surface area (Å²) < 4.78 is 18.4. The largest absolute Gasteiger partial charge is 0.381 e. The number of amides is 2. The van der Waals surface area contributed by atoms with E-state index in [9.17, 15) is 14.0 Å². The van der Waals surface area contributed by atoms with Gasteiger partial charge in [-0.1, -0.05) is 13.3 Å². The Kier molecular flexibility index (Phi) is 10.9. The number of unbranched alkanes of at least 4 members (excludes halogenated alkanes) is 1. The summed E-state index contributed by atoms with van der Waals surface area (Å²) in [7, 11) is 0. The van der Waals surface area contributed by atoms with Crippen LogP contribution in [0, 0.1) is 5.82 Å². The highest BCUT2D eigenvalue weighted by molar-refractivity contribution is 7.99. The van der Waals surface area contributed by atoms with Gasteiger partial charge in [0.2, 0.25) is 11.8 Å². The molecule has 0 spiro atoms. The molecule has 7 heteroatoms. The smallest absolute Gasteiger partial charge is 0.243 e. The molecule has 1 aromatic rings. The van der Waals surface area contributed by atoms with Gasteiger partial charge in [0.25, 0.3) is 0 Å². The molecule has 1 atom stereocenters. The Labute approximate surface area is 153 Å². The summed E-state index contributed by atoms with van der Waals surface area (Å²) in [5.74, 6) is -0.410. The first-order chi connectivity index (χ1) is 12.0. The summed E-state index contributed by atoms with van der Waals surface area (Å²) in [6, 6.07) is 5.41. The van der Waals surface area contributed by atoms with Crippen LogP contribution < -0.4 is 10.6 Å². The van der Waals surface area contributed by atoms with Crippen molar-refractivity contribution in [2.24, 2.45) is 0 Å². The molecule has 1 aromatic carbocycles. The number of ether oxygens (including phenoxy) is 1. The summed E-state index contributed by atoms with van der Waals surface area (Å²) in [6.45, 7) is 5.34. The molecule has 140 valence electrons. The summed E-state index contributed by atoms with van der Waals surface area (Å²) in [4.78, 5) is 24.4. The molecule has 0 fully saturated rings. The number of rotatable bonds is 12. The lowest BCUT2D eigenvalue weighted by Gasteiger charge is -2.17. The summed E-state index contributed by atoms with van der Waals surface area (Å²) in [6.07, 6.45) is 2.87. The molecule has 1 rings (SSSR count). The fraction of sp³-hybridized carbons (Fsp3) is 0.556. The number of hydrogen-bond acceptors (Lipinski definition) is 4. The third-order valence-electron chi connectivity index (χ3n) is 3.33. The molecule has 0 saturated heterocycles. The standard InChI is InChI=1S/C18H27FN2O3S/c1-3-4-11-24-12-5-10-20-18(23)17(21-14(2)22)13-25-16-8-6-15(19)7-9-16/h6-9,17H,3-5,10-13H2,1-2H3,(H,20,23)(H,21,22). The number of nitrogens with one attached hydrogen (secondary N) is 2. The minimum absolute atomic E-state index is 0.224. The SMILES string of the molecule is CCCCOCCCNC(=O)C(CSc1ccc(F)cc1)NC(C)=O. The van der Waals surface area contributed by atoms with Crippen LogP contribution in [0.2, 0.25) is 0 Å². The fourth-order valence-electron chi connectivity index (χ4n) is 2.00. The average molecular weight is 370 g/mol. The first-order valence-corrected chi connectivity index (χ1v) is 9.52. The van der Waals surface area contributed by atoms with Crippen LogP contribution in [0.5, 0.6) is 0 Å². The van der Waals surface area contributed by atoms with Crippen molar-refractivity contribution in [2.45, 2.75) is 44.0 Å². The maximum absolute atomic E-state index is 12.9. The summed E-state index contributed by atoms with van der Waals surface area (Å²) in [5, 5.41) is 5.47. The average Bonchev–Trinajstić information content (AvgIpc) is 2.58. The maximum atomic E-state index is 12.9. The zero-order chi connectivity index (χ0) is 18.5. The van der Waals surface area contributed by atoms with Gasteiger partial charge in [-0.15, -0.1) is 11.8 Å². The molecule has 1 unspecified atom stereocenters. The van der Waals surface area contributed by atoms with E-state index in [0.717, 1.165) is 30.8 Å². The monoisotopic (exact) mass is 370 g/mol. The second kappa shape index (κ2) is 12.7. The van der Waals surface area contributed by atoms with E-state index < -0.39 is 6.04 Å². The number of hydrogen-bond donors (Lipinski definition) is 2. The van der Waals surface area contributed by atoms with Crippen molar-refractivity contribution < 1.29 is 18.7 Å².